The van der Waals surface area contributed by atoms with E-state index in [0.717, 1.165) is 0 Å². The lowest BCUT2D eigenvalue weighted by molar-refractivity contribution is -0.136. The molecule has 1 heterocycles. The Morgan fingerprint density at radius 3 is 2.66 bits per heavy atom. The van der Waals surface area contributed by atoms with Gasteiger partial charge in [0.25, 0.3) is 0 Å². The zero-order valence-electron chi connectivity index (χ0n) is 16.5. The maximum absolute atomic E-state index is 14.9. The summed E-state index contributed by atoms with van der Waals surface area (Å²) in [5.74, 6) is -1.15. The second kappa shape index (κ2) is 8.03. The third kappa shape index (κ3) is 4.22. The molecule has 0 bridgehead atoms. The predicted molar refractivity (Wildman–Crippen MR) is 107 cm³/mol. The van der Waals surface area contributed by atoms with Crippen molar-refractivity contribution in [2.75, 3.05) is 0 Å². The zero-order chi connectivity index (χ0) is 21.3. The molecule has 0 fully saturated rings. The largest absolute Gasteiger partial charge is 0.486 e. The second-order valence-electron chi connectivity index (χ2n) is 7.43. The number of carboxylic acid groups (broad SMARTS) is 1. The van der Waals surface area contributed by atoms with Crippen molar-refractivity contribution in [3.8, 4) is 11.5 Å². The quantitative estimate of drug-likeness (QED) is 0.683. The number of aryl methyl sites for hydroxylation is 1. The SMILES string of the molecule is CCc1c(CCC(=O)O)ccc(OCc2cc(Cl)cc3c2OC(C)(C)C3=O)c1F. The van der Waals surface area contributed by atoms with Crippen molar-refractivity contribution in [1.29, 1.82) is 0 Å². The lowest BCUT2D eigenvalue weighted by Gasteiger charge is -2.17. The molecule has 0 atom stereocenters. The molecular weight excluding hydrogens is 399 g/mol. The number of carboxylic acids is 1. The van der Waals surface area contributed by atoms with Crippen LogP contribution in [0.2, 0.25) is 5.02 Å². The first-order valence-corrected chi connectivity index (χ1v) is 9.73. The summed E-state index contributed by atoms with van der Waals surface area (Å²) in [4.78, 5) is 23.3. The van der Waals surface area contributed by atoms with Crippen molar-refractivity contribution in [2.45, 2.75) is 52.2 Å². The third-order valence-electron chi connectivity index (χ3n) is 4.93. The highest BCUT2D eigenvalue weighted by Gasteiger charge is 2.41. The average molecular weight is 421 g/mol. The van der Waals surface area contributed by atoms with E-state index < -0.39 is 17.4 Å². The molecule has 29 heavy (non-hydrogen) atoms. The van der Waals surface area contributed by atoms with E-state index in [0.29, 0.717) is 39.4 Å². The van der Waals surface area contributed by atoms with Gasteiger partial charge in [-0.1, -0.05) is 24.6 Å². The summed E-state index contributed by atoms with van der Waals surface area (Å²) in [6.45, 7) is 5.13. The van der Waals surface area contributed by atoms with E-state index in [9.17, 15) is 14.0 Å². The normalized spacial score (nSPS) is 14.4. The minimum Gasteiger partial charge on any atom is -0.486 e. The maximum Gasteiger partial charge on any atom is 0.303 e. The van der Waals surface area contributed by atoms with Crippen LogP contribution in [0.25, 0.3) is 0 Å². The lowest BCUT2D eigenvalue weighted by Crippen LogP contribution is -2.32. The van der Waals surface area contributed by atoms with Gasteiger partial charge in [-0.15, -0.1) is 0 Å². The number of hydrogen-bond donors (Lipinski definition) is 1. The van der Waals surface area contributed by atoms with Crippen LogP contribution in [-0.4, -0.2) is 22.5 Å². The molecular formula is C22H22ClFO5. The number of ether oxygens (including phenoxy) is 2. The highest BCUT2D eigenvalue weighted by molar-refractivity contribution is 6.31. The number of benzene rings is 2. The van der Waals surface area contributed by atoms with Crippen molar-refractivity contribution in [3.05, 3.63) is 57.4 Å². The molecule has 1 N–H and O–H groups in total. The minimum atomic E-state index is -0.992. The Bertz CT molecular complexity index is 984. The summed E-state index contributed by atoms with van der Waals surface area (Å²) in [6.07, 6.45) is 0.599. The number of carbonyl (C=O) groups excluding carboxylic acids is 1. The maximum atomic E-state index is 14.9. The van der Waals surface area contributed by atoms with E-state index in [1.165, 1.54) is 6.07 Å². The number of aliphatic carboxylic acids is 1. The van der Waals surface area contributed by atoms with Crippen LogP contribution < -0.4 is 9.47 Å². The standard InChI is InChI=1S/C22H22ClFO5/c1-4-15-12(6-8-18(25)26)5-7-17(19(15)24)28-11-13-9-14(23)10-16-20(13)29-22(2,3)21(16)27/h5,7,9-10H,4,6,8,11H2,1-3H3,(H,25,26). The third-order valence-corrected chi connectivity index (χ3v) is 5.15. The Hall–Kier alpha value is -2.60. The molecule has 154 valence electrons. The number of rotatable bonds is 7. The molecule has 3 rings (SSSR count). The van der Waals surface area contributed by atoms with E-state index in [1.54, 1.807) is 39.0 Å². The molecule has 7 heteroatoms. The molecule has 0 amide bonds. The monoisotopic (exact) mass is 420 g/mol. The molecule has 5 nitrogen and oxygen atoms in total. The van der Waals surface area contributed by atoms with E-state index in [-0.39, 0.29) is 31.0 Å². The first-order chi connectivity index (χ1) is 13.6. The van der Waals surface area contributed by atoms with Crippen LogP contribution in [0.3, 0.4) is 0 Å². The fourth-order valence-electron chi connectivity index (χ4n) is 3.44. The van der Waals surface area contributed by atoms with Gasteiger partial charge in [0.1, 0.15) is 12.4 Å². The Kier molecular flexibility index (Phi) is 5.85. The fourth-order valence-corrected chi connectivity index (χ4v) is 3.68. The number of halogens is 2. The van der Waals surface area contributed by atoms with Crippen LogP contribution in [0.5, 0.6) is 11.5 Å². The van der Waals surface area contributed by atoms with Gasteiger partial charge in [-0.05, 0) is 56.0 Å². The van der Waals surface area contributed by atoms with Gasteiger partial charge in [-0.2, -0.15) is 0 Å². The number of carbonyl (C=O) groups is 2. The smallest absolute Gasteiger partial charge is 0.303 e. The highest BCUT2D eigenvalue weighted by atomic mass is 35.5. The van der Waals surface area contributed by atoms with Gasteiger partial charge < -0.3 is 14.6 Å². The van der Waals surface area contributed by atoms with E-state index in [2.05, 4.69) is 0 Å². The van der Waals surface area contributed by atoms with Crippen LogP contribution in [0, 0.1) is 5.82 Å². The van der Waals surface area contributed by atoms with Gasteiger partial charge in [0.15, 0.2) is 17.2 Å². The number of hydrogen-bond acceptors (Lipinski definition) is 4. The first kappa shape index (κ1) is 21.1. The second-order valence-corrected chi connectivity index (χ2v) is 7.87. The molecule has 0 unspecified atom stereocenters. The fraction of sp³-hybridized carbons (Fsp3) is 0.364. The zero-order valence-corrected chi connectivity index (χ0v) is 17.2. The van der Waals surface area contributed by atoms with Crippen molar-refractivity contribution in [3.63, 3.8) is 0 Å². The van der Waals surface area contributed by atoms with Crippen molar-refractivity contribution in [1.82, 2.24) is 0 Å². The Morgan fingerprint density at radius 1 is 1.28 bits per heavy atom. The molecule has 0 spiro atoms. The van der Waals surface area contributed by atoms with Crippen LogP contribution in [0.1, 0.15) is 54.2 Å². The van der Waals surface area contributed by atoms with Gasteiger partial charge in [0, 0.05) is 17.0 Å². The molecule has 1 aliphatic rings. The van der Waals surface area contributed by atoms with Crippen LogP contribution in [0.15, 0.2) is 24.3 Å². The van der Waals surface area contributed by atoms with Crippen LogP contribution >= 0.6 is 11.6 Å². The molecule has 2 aromatic carbocycles. The minimum absolute atomic E-state index is 0.0270. The molecule has 0 aliphatic carbocycles. The summed E-state index contributed by atoms with van der Waals surface area (Å²) >= 11 is 6.14. The van der Waals surface area contributed by atoms with E-state index >= 15 is 0 Å². The Balaban J connectivity index is 1.85. The molecule has 0 aromatic heterocycles. The topological polar surface area (TPSA) is 72.8 Å². The van der Waals surface area contributed by atoms with Crippen molar-refractivity contribution >= 4 is 23.4 Å². The van der Waals surface area contributed by atoms with Gasteiger partial charge >= 0.3 is 5.97 Å². The lowest BCUT2D eigenvalue weighted by atomic mass is 9.99. The Morgan fingerprint density at radius 2 is 2.00 bits per heavy atom. The van der Waals surface area contributed by atoms with Gasteiger partial charge in [-0.25, -0.2) is 4.39 Å². The molecule has 1 aliphatic heterocycles. The number of Topliss-reactive ketones (excluding diaryl/α,β-unsaturated/α-hetero) is 1. The van der Waals surface area contributed by atoms with Crippen molar-refractivity contribution < 1.29 is 28.6 Å². The molecule has 0 saturated heterocycles. The molecule has 0 radical (unpaired) electrons. The van der Waals surface area contributed by atoms with Gasteiger partial charge in [0.05, 0.1) is 5.56 Å². The van der Waals surface area contributed by atoms with Gasteiger partial charge in [-0.3, -0.25) is 9.59 Å². The average Bonchev–Trinajstić information content (AvgIpc) is 2.88. The van der Waals surface area contributed by atoms with E-state index in [1.807, 2.05) is 0 Å². The van der Waals surface area contributed by atoms with E-state index in [4.69, 9.17) is 26.2 Å². The Labute approximate surface area is 173 Å². The summed E-state index contributed by atoms with van der Waals surface area (Å²) in [6, 6.07) is 6.37. The van der Waals surface area contributed by atoms with Crippen LogP contribution in [0.4, 0.5) is 4.39 Å². The summed E-state index contributed by atoms with van der Waals surface area (Å²) < 4.78 is 26.4. The summed E-state index contributed by atoms with van der Waals surface area (Å²) in [7, 11) is 0. The molecule has 0 saturated carbocycles. The van der Waals surface area contributed by atoms with Crippen LogP contribution in [-0.2, 0) is 24.2 Å². The molecule has 2 aromatic rings. The summed E-state index contributed by atoms with van der Waals surface area (Å²) in [5, 5.41) is 9.23. The summed E-state index contributed by atoms with van der Waals surface area (Å²) in [5.41, 5.74) is 1.04. The first-order valence-electron chi connectivity index (χ1n) is 9.35. The predicted octanol–water partition coefficient (Wildman–Crippen LogP) is 4.99. The van der Waals surface area contributed by atoms with Crippen molar-refractivity contribution in [2.24, 2.45) is 0 Å². The van der Waals surface area contributed by atoms with Gasteiger partial charge in [0.2, 0.25) is 5.78 Å². The number of ketones is 1. The highest BCUT2D eigenvalue weighted by Crippen LogP contribution is 2.40. The number of fused-ring (bicyclic) bond motifs is 1.